The van der Waals surface area contributed by atoms with Gasteiger partial charge >= 0.3 is 0 Å². The maximum atomic E-state index is 10.8. The second-order valence-electron chi connectivity index (χ2n) is 8.72. The van der Waals surface area contributed by atoms with Crippen LogP contribution in [0.1, 0.15) is 98.0 Å². The fourth-order valence-corrected chi connectivity index (χ4v) is 4.15. The molecule has 4 aliphatic carbocycles. The highest BCUT2D eigenvalue weighted by atomic mass is 16.3. The van der Waals surface area contributed by atoms with Crippen LogP contribution in [0, 0.1) is 23.7 Å². The van der Waals surface area contributed by atoms with Crippen LogP contribution in [0.4, 0.5) is 0 Å². The van der Waals surface area contributed by atoms with Gasteiger partial charge in [0.2, 0.25) is 0 Å². The summed E-state index contributed by atoms with van der Waals surface area (Å²) in [6, 6.07) is 12.9. The number of aryl methyl sites for hydroxylation is 4. The summed E-state index contributed by atoms with van der Waals surface area (Å²) in [6.07, 6.45) is 7.88. The Kier molecular flexibility index (Phi) is 9.43. The van der Waals surface area contributed by atoms with E-state index in [-0.39, 0.29) is 0 Å². The fraction of sp³-hybridized carbons (Fsp3) is 0.467. The molecule has 0 saturated heterocycles. The van der Waals surface area contributed by atoms with Crippen LogP contribution in [-0.2, 0) is 25.7 Å². The molecule has 2 atom stereocenters. The quantitative estimate of drug-likeness (QED) is 0.436. The molecular formula is C30H36O2. The van der Waals surface area contributed by atoms with E-state index in [2.05, 4.69) is 73.9 Å². The molecule has 0 saturated carbocycles. The van der Waals surface area contributed by atoms with Crippen molar-refractivity contribution in [3.8, 4) is 23.7 Å². The van der Waals surface area contributed by atoms with Crippen LogP contribution in [0.2, 0.25) is 0 Å². The van der Waals surface area contributed by atoms with Gasteiger partial charge in [0.15, 0.2) is 0 Å². The van der Waals surface area contributed by atoms with Gasteiger partial charge in [0.1, 0.15) is 12.2 Å². The zero-order chi connectivity index (χ0) is 22.8. The Balaban J connectivity index is 1.87. The minimum absolute atomic E-state index is 0.750. The maximum Gasteiger partial charge on any atom is 0.140 e. The molecule has 0 heterocycles. The average Bonchev–Trinajstić information content (AvgIpc) is 2.80. The lowest BCUT2D eigenvalue weighted by Gasteiger charge is -2.18. The van der Waals surface area contributed by atoms with Gasteiger partial charge in [-0.05, 0) is 71.9 Å². The molecule has 0 unspecified atom stereocenters. The van der Waals surface area contributed by atoms with Crippen molar-refractivity contribution in [3.05, 3.63) is 69.8 Å². The summed E-state index contributed by atoms with van der Waals surface area (Å²) in [7, 11) is 0. The number of hydrogen-bond acceptors (Lipinski definition) is 2. The van der Waals surface area contributed by atoms with Gasteiger partial charge in [-0.2, -0.15) is 0 Å². The van der Waals surface area contributed by atoms with Gasteiger partial charge in [0, 0.05) is 12.8 Å². The number of benzene rings is 2. The zero-order valence-electron chi connectivity index (χ0n) is 19.6. The molecule has 2 N–H and O–H groups in total. The Bertz CT molecular complexity index is 929. The van der Waals surface area contributed by atoms with E-state index in [4.69, 9.17) is 0 Å². The topological polar surface area (TPSA) is 40.5 Å². The maximum absolute atomic E-state index is 10.8. The molecule has 0 amide bonds. The van der Waals surface area contributed by atoms with Crippen LogP contribution in [0.25, 0.3) is 0 Å². The third kappa shape index (κ3) is 6.74. The molecule has 0 fully saturated rings. The van der Waals surface area contributed by atoms with Crippen molar-refractivity contribution in [1.82, 2.24) is 0 Å². The van der Waals surface area contributed by atoms with E-state index in [0.717, 1.165) is 86.5 Å². The predicted molar refractivity (Wildman–Crippen MR) is 132 cm³/mol. The minimum atomic E-state index is -0.750. The average molecular weight is 429 g/mol. The molecule has 0 radical (unpaired) electrons. The Morgan fingerprint density at radius 2 is 1.12 bits per heavy atom. The number of aliphatic hydroxyl groups excluding tert-OH is 2. The molecular weight excluding hydrogens is 392 g/mol. The molecule has 2 aromatic rings. The summed E-state index contributed by atoms with van der Waals surface area (Å²) < 4.78 is 0. The number of rotatable bonds is 6. The SMILES string of the molecule is CCCCC#C[C@H](O)c1cc2ccc1CCc1ccc(cc1[C@@H](O)C#CCCCC)CC2. The summed E-state index contributed by atoms with van der Waals surface area (Å²) in [5.41, 5.74) is 6.55. The lowest BCUT2D eigenvalue weighted by atomic mass is 9.88. The Labute approximate surface area is 194 Å². The van der Waals surface area contributed by atoms with Crippen LogP contribution in [0.5, 0.6) is 0 Å². The van der Waals surface area contributed by atoms with Crippen molar-refractivity contribution in [2.24, 2.45) is 0 Å². The standard InChI is InChI=1S/C30H36O2/c1-3-5-7-9-11-29(31)27-21-23-13-14-24-16-18-26(20-19-25(27)17-15-23)28(22-24)30(32)12-10-8-6-4-2/h15-18,21-22,29-32H,3-8,13-14,19-20H2,1-2H3/t29-,30-/m0/s1. The van der Waals surface area contributed by atoms with Crippen molar-refractivity contribution >= 4 is 0 Å². The van der Waals surface area contributed by atoms with Crippen molar-refractivity contribution in [3.63, 3.8) is 0 Å². The third-order valence-corrected chi connectivity index (χ3v) is 6.16. The summed E-state index contributed by atoms with van der Waals surface area (Å²) in [6.45, 7) is 4.30. The van der Waals surface area contributed by atoms with Crippen molar-refractivity contribution in [2.75, 3.05) is 0 Å². The van der Waals surface area contributed by atoms with Gasteiger partial charge in [0.25, 0.3) is 0 Å². The molecule has 2 heteroatoms. The highest BCUT2D eigenvalue weighted by molar-refractivity contribution is 5.42. The normalized spacial score (nSPS) is 14.4. The lowest BCUT2D eigenvalue weighted by Crippen LogP contribution is -2.08. The second kappa shape index (κ2) is 12.5. The molecule has 0 aromatic heterocycles. The Morgan fingerprint density at radius 3 is 1.53 bits per heavy atom. The highest BCUT2D eigenvalue weighted by Gasteiger charge is 2.16. The van der Waals surface area contributed by atoms with Crippen LogP contribution in [0.15, 0.2) is 36.4 Å². The van der Waals surface area contributed by atoms with E-state index in [1.54, 1.807) is 0 Å². The molecule has 6 rings (SSSR count). The van der Waals surface area contributed by atoms with E-state index in [1.165, 1.54) is 11.1 Å². The van der Waals surface area contributed by atoms with Crippen molar-refractivity contribution in [1.29, 1.82) is 0 Å². The van der Waals surface area contributed by atoms with Crippen LogP contribution in [-0.4, -0.2) is 10.2 Å². The van der Waals surface area contributed by atoms with Crippen LogP contribution in [0.3, 0.4) is 0 Å². The summed E-state index contributed by atoms with van der Waals surface area (Å²) in [5, 5.41) is 21.6. The number of hydrogen-bond donors (Lipinski definition) is 2. The first-order chi connectivity index (χ1) is 15.6. The predicted octanol–water partition coefficient (Wildman–Crippen LogP) is 6.02. The van der Waals surface area contributed by atoms with E-state index in [0.29, 0.717) is 0 Å². The number of aliphatic hydroxyl groups is 2. The molecule has 4 aliphatic rings. The van der Waals surface area contributed by atoms with Crippen molar-refractivity contribution < 1.29 is 10.2 Å². The molecule has 4 bridgehead atoms. The van der Waals surface area contributed by atoms with Crippen LogP contribution < -0.4 is 0 Å². The first-order valence-corrected chi connectivity index (χ1v) is 12.2. The van der Waals surface area contributed by atoms with Crippen molar-refractivity contribution in [2.45, 2.75) is 90.3 Å². The molecule has 168 valence electrons. The summed E-state index contributed by atoms with van der Waals surface area (Å²) in [4.78, 5) is 0. The monoisotopic (exact) mass is 428 g/mol. The first kappa shape index (κ1) is 24.1. The van der Waals surface area contributed by atoms with Gasteiger partial charge in [-0.3, -0.25) is 0 Å². The van der Waals surface area contributed by atoms with Crippen LogP contribution >= 0.6 is 0 Å². The molecule has 32 heavy (non-hydrogen) atoms. The Morgan fingerprint density at radius 1 is 0.688 bits per heavy atom. The molecule has 0 aliphatic heterocycles. The fourth-order valence-electron chi connectivity index (χ4n) is 4.15. The zero-order valence-corrected chi connectivity index (χ0v) is 19.6. The van der Waals surface area contributed by atoms with Gasteiger partial charge < -0.3 is 10.2 Å². The van der Waals surface area contributed by atoms with E-state index >= 15 is 0 Å². The second-order valence-corrected chi connectivity index (χ2v) is 8.72. The molecule has 2 nitrogen and oxygen atoms in total. The van der Waals surface area contributed by atoms with Gasteiger partial charge in [-0.15, -0.1) is 11.8 Å². The highest BCUT2D eigenvalue weighted by Crippen LogP contribution is 2.27. The van der Waals surface area contributed by atoms with E-state index < -0.39 is 12.2 Å². The third-order valence-electron chi connectivity index (χ3n) is 6.16. The summed E-state index contributed by atoms with van der Waals surface area (Å²) in [5.74, 6) is 12.4. The smallest absolute Gasteiger partial charge is 0.140 e. The lowest BCUT2D eigenvalue weighted by molar-refractivity contribution is 0.235. The summed E-state index contributed by atoms with van der Waals surface area (Å²) >= 11 is 0. The molecule has 2 aromatic carbocycles. The Hall–Kier alpha value is -2.52. The largest absolute Gasteiger partial charge is 0.376 e. The van der Waals surface area contributed by atoms with Gasteiger partial charge in [0.05, 0.1) is 0 Å². The van der Waals surface area contributed by atoms with E-state index in [1.807, 2.05) is 0 Å². The first-order valence-electron chi connectivity index (χ1n) is 12.2. The van der Waals surface area contributed by atoms with E-state index in [9.17, 15) is 10.2 Å². The van der Waals surface area contributed by atoms with Gasteiger partial charge in [-0.25, -0.2) is 0 Å². The van der Waals surface area contributed by atoms with Gasteiger partial charge in [-0.1, -0.05) is 74.9 Å². The number of unbranched alkanes of at least 4 members (excludes halogenated alkanes) is 4. The molecule has 0 spiro atoms. The minimum Gasteiger partial charge on any atom is -0.376 e.